The second-order valence-electron chi connectivity index (χ2n) is 5.20. The predicted molar refractivity (Wildman–Crippen MR) is 75.9 cm³/mol. The molecule has 1 rings (SSSR count). The van der Waals surface area contributed by atoms with Crippen LogP contribution in [0.15, 0.2) is 24.3 Å². The Hall–Kier alpha value is -1.38. The summed E-state index contributed by atoms with van der Waals surface area (Å²) in [5.74, 6) is -0.0430. The quantitative estimate of drug-likeness (QED) is 0.832. The van der Waals surface area contributed by atoms with Crippen LogP contribution >= 0.6 is 0 Å². The molecule has 104 valence electrons. The summed E-state index contributed by atoms with van der Waals surface area (Å²) in [7, 11) is -1.74. The molecule has 0 bridgehead atoms. The fourth-order valence-electron chi connectivity index (χ4n) is 1.58. The smallest absolute Gasteiger partial charge is 0.212 e. The fraction of sp³-hybridized carbons (Fsp3) is 0.500. The first kappa shape index (κ1) is 15.7. The number of benzene rings is 1. The molecule has 1 aromatic carbocycles. The number of nitriles is 1. The Bertz CT molecular complexity index is 568. The van der Waals surface area contributed by atoms with Crippen LogP contribution in [0.3, 0.4) is 0 Å². The Labute approximate surface area is 115 Å². The molecule has 0 atom stereocenters. The molecule has 0 unspecified atom stereocenters. The van der Waals surface area contributed by atoms with Gasteiger partial charge >= 0.3 is 0 Å². The first-order chi connectivity index (χ1) is 8.73. The van der Waals surface area contributed by atoms with Gasteiger partial charge in [0.15, 0.2) is 0 Å². The lowest BCUT2D eigenvalue weighted by Crippen LogP contribution is -2.44. The van der Waals surface area contributed by atoms with Crippen molar-refractivity contribution in [1.82, 2.24) is 4.31 Å². The SMILES string of the molecule is CCC(C)(C)N(C)S(=O)(=O)Cc1ccc(C#N)cc1. The van der Waals surface area contributed by atoms with Crippen LogP contribution in [-0.2, 0) is 15.8 Å². The summed E-state index contributed by atoms with van der Waals surface area (Å²) in [5.41, 5.74) is 0.826. The summed E-state index contributed by atoms with van der Waals surface area (Å²) in [6.45, 7) is 5.78. The lowest BCUT2D eigenvalue weighted by Gasteiger charge is -2.33. The molecule has 0 fully saturated rings. The number of hydrogen-bond acceptors (Lipinski definition) is 3. The summed E-state index contributed by atoms with van der Waals surface area (Å²) < 4.78 is 26.1. The van der Waals surface area contributed by atoms with Crippen molar-refractivity contribution in [2.75, 3.05) is 7.05 Å². The largest absolute Gasteiger partial charge is 0.218 e. The van der Waals surface area contributed by atoms with E-state index in [0.29, 0.717) is 11.1 Å². The minimum atomic E-state index is -3.35. The molecule has 0 N–H and O–H groups in total. The minimum Gasteiger partial charge on any atom is -0.212 e. The molecule has 5 heteroatoms. The van der Waals surface area contributed by atoms with Gasteiger partial charge in [-0.2, -0.15) is 9.57 Å². The van der Waals surface area contributed by atoms with E-state index in [0.717, 1.165) is 6.42 Å². The molecular weight excluding hydrogens is 260 g/mol. The zero-order valence-corrected chi connectivity index (χ0v) is 12.7. The fourth-order valence-corrected chi connectivity index (χ4v) is 3.27. The summed E-state index contributed by atoms with van der Waals surface area (Å²) >= 11 is 0. The summed E-state index contributed by atoms with van der Waals surface area (Å²) in [6, 6.07) is 8.65. The lowest BCUT2D eigenvalue weighted by molar-refractivity contribution is 0.257. The minimum absolute atomic E-state index is 0.0430. The third-order valence-electron chi connectivity index (χ3n) is 3.57. The van der Waals surface area contributed by atoms with Gasteiger partial charge in [-0.25, -0.2) is 8.42 Å². The molecule has 0 aliphatic carbocycles. The second-order valence-corrected chi connectivity index (χ2v) is 7.20. The van der Waals surface area contributed by atoms with Gasteiger partial charge in [-0.3, -0.25) is 0 Å². The van der Waals surface area contributed by atoms with Gasteiger partial charge < -0.3 is 0 Å². The maximum atomic E-state index is 12.3. The van der Waals surface area contributed by atoms with E-state index in [1.54, 1.807) is 31.3 Å². The highest BCUT2D eigenvalue weighted by Crippen LogP contribution is 2.22. The zero-order chi connectivity index (χ0) is 14.7. The van der Waals surface area contributed by atoms with Crippen molar-refractivity contribution >= 4 is 10.0 Å². The Balaban J connectivity index is 2.94. The third kappa shape index (κ3) is 3.79. The van der Waals surface area contributed by atoms with Crippen LogP contribution in [0.2, 0.25) is 0 Å². The van der Waals surface area contributed by atoms with E-state index in [2.05, 4.69) is 0 Å². The monoisotopic (exact) mass is 280 g/mol. The van der Waals surface area contributed by atoms with Crippen molar-refractivity contribution in [3.8, 4) is 6.07 Å². The van der Waals surface area contributed by atoms with Gasteiger partial charge in [0.05, 0.1) is 17.4 Å². The number of hydrogen-bond donors (Lipinski definition) is 0. The van der Waals surface area contributed by atoms with E-state index in [9.17, 15) is 8.42 Å². The van der Waals surface area contributed by atoms with Crippen molar-refractivity contribution in [3.63, 3.8) is 0 Å². The molecule has 1 aromatic rings. The molecule has 0 saturated carbocycles. The van der Waals surface area contributed by atoms with Gasteiger partial charge in [0.25, 0.3) is 0 Å². The van der Waals surface area contributed by atoms with E-state index in [1.165, 1.54) is 4.31 Å². The van der Waals surface area contributed by atoms with Gasteiger partial charge in [0.1, 0.15) is 0 Å². The molecule has 0 amide bonds. The van der Waals surface area contributed by atoms with Crippen LogP contribution < -0.4 is 0 Å². The Kier molecular flexibility index (Phi) is 4.72. The van der Waals surface area contributed by atoms with Crippen molar-refractivity contribution in [3.05, 3.63) is 35.4 Å². The maximum Gasteiger partial charge on any atom is 0.218 e. The molecule has 19 heavy (non-hydrogen) atoms. The third-order valence-corrected chi connectivity index (χ3v) is 5.59. The standard InChI is InChI=1S/C14H20N2O2S/c1-5-14(2,3)16(4)19(17,18)11-13-8-6-12(10-15)7-9-13/h6-9H,5,11H2,1-4H3. The molecule has 0 aromatic heterocycles. The molecule has 4 nitrogen and oxygen atoms in total. The highest BCUT2D eigenvalue weighted by molar-refractivity contribution is 7.88. The van der Waals surface area contributed by atoms with Gasteiger partial charge in [0.2, 0.25) is 10.0 Å². The summed E-state index contributed by atoms with van der Waals surface area (Å²) in [5, 5.41) is 8.71. The first-order valence-electron chi connectivity index (χ1n) is 6.18. The van der Waals surface area contributed by atoms with Crippen molar-refractivity contribution in [1.29, 1.82) is 5.26 Å². The Morgan fingerprint density at radius 1 is 1.26 bits per heavy atom. The van der Waals surface area contributed by atoms with E-state index in [1.807, 2.05) is 26.8 Å². The number of rotatable bonds is 5. The number of sulfonamides is 1. The van der Waals surface area contributed by atoms with Gasteiger partial charge in [0, 0.05) is 12.6 Å². The predicted octanol–water partition coefficient (Wildman–Crippen LogP) is 2.51. The number of nitrogens with zero attached hydrogens (tertiary/aromatic N) is 2. The van der Waals surface area contributed by atoms with Gasteiger partial charge in [-0.15, -0.1) is 0 Å². The van der Waals surface area contributed by atoms with Crippen LogP contribution in [0.5, 0.6) is 0 Å². The molecule has 0 aliphatic rings. The average Bonchev–Trinajstić information content (AvgIpc) is 2.38. The van der Waals surface area contributed by atoms with Crippen LogP contribution in [0.25, 0.3) is 0 Å². The van der Waals surface area contributed by atoms with Crippen molar-refractivity contribution < 1.29 is 8.42 Å². The highest BCUT2D eigenvalue weighted by atomic mass is 32.2. The molecule has 0 radical (unpaired) electrons. The zero-order valence-electron chi connectivity index (χ0n) is 11.8. The molecule has 0 heterocycles. The first-order valence-corrected chi connectivity index (χ1v) is 7.79. The molecule has 0 spiro atoms. The molecular formula is C14H20N2O2S. The maximum absolute atomic E-state index is 12.3. The summed E-state index contributed by atoms with van der Waals surface area (Å²) in [6.07, 6.45) is 0.746. The Morgan fingerprint density at radius 2 is 1.79 bits per heavy atom. The van der Waals surface area contributed by atoms with Crippen LogP contribution in [-0.4, -0.2) is 25.3 Å². The molecule has 0 aliphatic heterocycles. The van der Waals surface area contributed by atoms with E-state index >= 15 is 0 Å². The van der Waals surface area contributed by atoms with Crippen LogP contribution in [0.4, 0.5) is 0 Å². The summed E-state index contributed by atoms with van der Waals surface area (Å²) in [4.78, 5) is 0. The van der Waals surface area contributed by atoms with E-state index in [-0.39, 0.29) is 5.75 Å². The topological polar surface area (TPSA) is 61.2 Å². The van der Waals surface area contributed by atoms with E-state index in [4.69, 9.17) is 5.26 Å². The second kappa shape index (κ2) is 5.72. The average molecular weight is 280 g/mol. The Morgan fingerprint density at radius 3 is 2.21 bits per heavy atom. The van der Waals surface area contributed by atoms with Crippen LogP contribution in [0, 0.1) is 11.3 Å². The highest BCUT2D eigenvalue weighted by Gasteiger charge is 2.31. The normalized spacial score (nSPS) is 12.4. The van der Waals surface area contributed by atoms with Crippen molar-refractivity contribution in [2.24, 2.45) is 0 Å². The van der Waals surface area contributed by atoms with Gasteiger partial charge in [-0.05, 0) is 38.0 Å². The van der Waals surface area contributed by atoms with Crippen LogP contribution in [0.1, 0.15) is 38.3 Å². The lowest BCUT2D eigenvalue weighted by atomic mass is 10.0. The molecule has 0 saturated heterocycles. The van der Waals surface area contributed by atoms with Crippen molar-refractivity contribution in [2.45, 2.75) is 38.5 Å². The van der Waals surface area contributed by atoms with Gasteiger partial charge in [-0.1, -0.05) is 19.1 Å². The van der Waals surface area contributed by atoms with E-state index < -0.39 is 15.6 Å².